The summed E-state index contributed by atoms with van der Waals surface area (Å²) in [5, 5.41) is 11.3. The molecular weight excluding hydrogens is 218 g/mol. The highest BCUT2D eigenvalue weighted by Crippen LogP contribution is 1.94. The van der Waals surface area contributed by atoms with Crippen LogP contribution in [0.1, 0.15) is 13.3 Å². The number of nitrogens with two attached hydrogens (primary N) is 1. The predicted octanol–water partition coefficient (Wildman–Crippen LogP) is -0.511. The molecule has 3 N–H and O–H groups in total. The molecule has 0 spiro atoms. The fraction of sp³-hybridized carbons (Fsp3) is 0.875. The van der Waals surface area contributed by atoms with Crippen molar-refractivity contribution < 1.29 is 13.6 Å². The summed E-state index contributed by atoms with van der Waals surface area (Å²) in [6, 6.07) is 0. The number of hydrogen-bond donors (Lipinski definition) is 2. The van der Waals surface area contributed by atoms with Crippen molar-refractivity contribution >= 4 is 15.7 Å². The van der Waals surface area contributed by atoms with E-state index in [1.54, 1.807) is 0 Å². The maximum atomic E-state index is 11.0. The minimum Gasteiger partial charge on any atom is -0.409 e. The predicted molar refractivity (Wildman–Crippen MR) is 59.9 cm³/mol. The minimum atomic E-state index is -2.96. The molecule has 0 aliphatic carbocycles. The van der Waals surface area contributed by atoms with E-state index < -0.39 is 9.84 Å². The van der Waals surface area contributed by atoms with Gasteiger partial charge in [-0.15, -0.1) is 0 Å². The minimum absolute atomic E-state index is 0.0890. The van der Waals surface area contributed by atoms with Gasteiger partial charge in [0.15, 0.2) is 5.84 Å². The summed E-state index contributed by atoms with van der Waals surface area (Å²) < 4.78 is 21.9. The van der Waals surface area contributed by atoms with Gasteiger partial charge in [0.25, 0.3) is 0 Å². The average Bonchev–Trinajstić information content (AvgIpc) is 2.13. The number of sulfone groups is 1. The molecule has 0 saturated carbocycles. The van der Waals surface area contributed by atoms with E-state index in [1.807, 2.05) is 11.8 Å². The molecule has 0 aromatic carbocycles. The Kier molecular flexibility index (Phi) is 6.26. The molecule has 6 nitrogen and oxygen atoms in total. The van der Waals surface area contributed by atoms with Crippen molar-refractivity contribution in [1.82, 2.24) is 4.90 Å². The van der Waals surface area contributed by atoms with Crippen molar-refractivity contribution in [1.29, 1.82) is 0 Å². The molecule has 0 amide bonds. The molecule has 0 aliphatic heterocycles. The van der Waals surface area contributed by atoms with Gasteiger partial charge in [0.2, 0.25) is 0 Å². The van der Waals surface area contributed by atoms with E-state index >= 15 is 0 Å². The van der Waals surface area contributed by atoms with Crippen LogP contribution in [0.3, 0.4) is 0 Å². The number of oxime groups is 1. The lowest BCUT2D eigenvalue weighted by Crippen LogP contribution is -2.37. The largest absolute Gasteiger partial charge is 0.409 e. The fourth-order valence-corrected chi connectivity index (χ4v) is 1.73. The highest BCUT2D eigenvalue weighted by Gasteiger charge is 2.10. The van der Waals surface area contributed by atoms with Crippen molar-refractivity contribution in [3.63, 3.8) is 0 Å². The molecule has 0 aliphatic rings. The van der Waals surface area contributed by atoms with Crippen LogP contribution in [-0.2, 0) is 9.84 Å². The fourth-order valence-electron chi connectivity index (χ4n) is 1.14. The maximum absolute atomic E-state index is 11.0. The molecule has 0 heterocycles. The van der Waals surface area contributed by atoms with E-state index in [4.69, 9.17) is 10.9 Å². The summed E-state index contributed by atoms with van der Waals surface area (Å²) in [5.41, 5.74) is 5.35. The molecule has 0 saturated heterocycles. The van der Waals surface area contributed by atoms with Crippen LogP contribution >= 0.6 is 0 Å². The molecular formula is C8H19N3O3S. The van der Waals surface area contributed by atoms with Gasteiger partial charge in [-0.25, -0.2) is 8.42 Å². The molecule has 0 fully saturated rings. The summed E-state index contributed by atoms with van der Waals surface area (Å²) in [6.07, 6.45) is 2.09. The van der Waals surface area contributed by atoms with Gasteiger partial charge in [0, 0.05) is 12.8 Å². The van der Waals surface area contributed by atoms with Gasteiger partial charge in [-0.3, -0.25) is 4.90 Å². The topological polar surface area (TPSA) is 96.0 Å². The van der Waals surface area contributed by atoms with E-state index in [0.29, 0.717) is 13.1 Å². The molecule has 90 valence electrons. The Morgan fingerprint density at radius 3 is 2.47 bits per heavy atom. The normalized spacial score (nSPS) is 13.4. The quantitative estimate of drug-likeness (QED) is 0.269. The number of nitrogens with zero attached hydrogens (tertiary/aromatic N) is 2. The zero-order valence-electron chi connectivity index (χ0n) is 9.18. The van der Waals surface area contributed by atoms with Gasteiger partial charge in [-0.2, -0.15) is 0 Å². The first-order chi connectivity index (χ1) is 6.89. The van der Waals surface area contributed by atoms with Crippen LogP contribution in [0, 0.1) is 0 Å². The molecule has 0 bridgehead atoms. The number of amidine groups is 1. The van der Waals surface area contributed by atoms with Crippen LogP contribution in [0.25, 0.3) is 0 Å². The van der Waals surface area contributed by atoms with Crippen molar-refractivity contribution in [3.8, 4) is 0 Å². The van der Waals surface area contributed by atoms with E-state index in [0.717, 1.165) is 13.0 Å². The van der Waals surface area contributed by atoms with E-state index in [9.17, 15) is 8.42 Å². The van der Waals surface area contributed by atoms with Crippen LogP contribution in [0.2, 0.25) is 0 Å². The standard InChI is InChI=1S/C8H19N3O3S/c1-3-4-11(7-8(9)10-12)5-6-15(2,13)14/h12H,3-7H2,1-2H3,(H2,9,10). The van der Waals surface area contributed by atoms with Crippen molar-refractivity contribution in [2.24, 2.45) is 10.9 Å². The van der Waals surface area contributed by atoms with Gasteiger partial charge >= 0.3 is 0 Å². The van der Waals surface area contributed by atoms with Crippen molar-refractivity contribution in [2.45, 2.75) is 13.3 Å². The second kappa shape index (κ2) is 6.62. The zero-order chi connectivity index (χ0) is 11.9. The lowest BCUT2D eigenvalue weighted by Gasteiger charge is -2.19. The Morgan fingerprint density at radius 2 is 2.07 bits per heavy atom. The molecule has 0 atom stereocenters. The van der Waals surface area contributed by atoms with E-state index in [-0.39, 0.29) is 11.6 Å². The maximum Gasteiger partial charge on any atom is 0.153 e. The van der Waals surface area contributed by atoms with Gasteiger partial charge in [0.1, 0.15) is 9.84 Å². The Bertz CT molecular complexity index is 300. The third-order valence-corrected chi connectivity index (χ3v) is 2.76. The second-order valence-electron chi connectivity index (χ2n) is 3.50. The highest BCUT2D eigenvalue weighted by atomic mass is 32.2. The SMILES string of the molecule is CCCN(CCS(C)(=O)=O)CC(N)=NO. The Morgan fingerprint density at radius 1 is 1.47 bits per heavy atom. The molecule has 0 unspecified atom stereocenters. The van der Waals surface area contributed by atoms with Gasteiger partial charge in [-0.1, -0.05) is 12.1 Å². The zero-order valence-corrected chi connectivity index (χ0v) is 10.00. The first kappa shape index (κ1) is 14.2. The van der Waals surface area contributed by atoms with Gasteiger partial charge in [0.05, 0.1) is 12.3 Å². The van der Waals surface area contributed by atoms with Gasteiger partial charge in [-0.05, 0) is 13.0 Å². The van der Waals surface area contributed by atoms with Crippen LogP contribution < -0.4 is 5.73 Å². The first-order valence-corrected chi connectivity index (χ1v) is 6.81. The highest BCUT2D eigenvalue weighted by molar-refractivity contribution is 7.90. The van der Waals surface area contributed by atoms with E-state index in [2.05, 4.69) is 5.16 Å². The smallest absolute Gasteiger partial charge is 0.153 e. The lowest BCUT2D eigenvalue weighted by atomic mass is 10.4. The Hall–Kier alpha value is -0.820. The third-order valence-electron chi connectivity index (χ3n) is 1.83. The molecule has 0 aromatic heterocycles. The van der Waals surface area contributed by atoms with Crippen molar-refractivity contribution in [2.75, 3.05) is 31.6 Å². The molecule has 0 rings (SSSR count). The molecule has 7 heteroatoms. The van der Waals surface area contributed by atoms with Gasteiger partial charge < -0.3 is 10.9 Å². The monoisotopic (exact) mass is 237 g/mol. The number of rotatable bonds is 7. The van der Waals surface area contributed by atoms with Crippen LogP contribution in [0.5, 0.6) is 0 Å². The number of hydrogen-bond acceptors (Lipinski definition) is 5. The summed E-state index contributed by atoms with van der Waals surface area (Å²) >= 11 is 0. The summed E-state index contributed by atoms with van der Waals surface area (Å²) in [4.78, 5) is 1.84. The summed E-state index contributed by atoms with van der Waals surface area (Å²) in [5.74, 6) is 0.183. The van der Waals surface area contributed by atoms with Crippen LogP contribution in [0.4, 0.5) is 0 Å². The second-order valence-corrected chi connectivity index (χ2v) is 5.76. The van der Waals surface area contributed by atoms with E-state index in [1.165, 1.54) is 6.26 Å². The lowest BCUT2D eigenvalue weighted by molar-refractivity contribution is 0.299. The molecule has 0 aromatic rings. The third kappa shape index (κ3) is 8.19. The summed E-state index contributed by atoms with van der Waals surface area (Å²) in [6.45, 7) is 3.41. The van der Waals surface area contributed by atoms with Crippen LogP contribution in [0.15, 0.2) is 5.16 Å². The van der Waals surface area contributed by atoms with Crippen molar-refractivity contribution in [3.05, 3.63) is 0 Å². The van der Waals surface area contributed by atoms with Crippen LogP contribution in [-0.4, -0.2) is 56.0 Å². The summed E-state index contributed by atoms with van der Waals surface area (Å²) in [7, 11) is -2.96. The first-order valence-electron chi connectivity index (χ1n) is 4.75. The Balaban J connectivity index is 4.16. The average molecular weight is 237 g/mol. The molecule has 0 radical (unpaired) electrons. The Labute approximate surface area is 90.7 Å². The molecule has 15 heavy (non-hydrogen) atoms.